The molecule has 0 saturated heterocycles. The van der Waals surface area contributed by atoms with E-state index in [4.69, 9.17) is 4.42 Å². The molecule has 1 heterocycles. The van der Waals surface area contributed by atoms with E-state index in [-0.39, 0.29) is 5.91 Å². The fourth-order valence-electron chi connectivity index (χ4n) is 2.12. The number of furan rings is 1. The van der Waals surface area contributed by atoms with Gasteiger partial charge in [0.05, 0.1) is 17.4 Å². The molecular weight excluding hydrogens is 318 g/mol. The summed E-state index contributed by atoms with van der Waals surface area (Å²) >= 11 is 3.50. The van der Waals surface area contributed by atoms with Crippen molar-refractivity contribution in [3.63, 3.8) is 0 Å². The zero-order valence-corrected chi connectivity index (χ0v) is 13.2. The van der Waals surface area contributed by atoms with Gasteiger partial charge in [-0.25, -0.2) is 0 Å². The summed E-state index contributed by atoms with van der Waals surface area (Å²) in [6, 6.07) is 11.6. The average molecular weight is 336 g/mol. The van der Waals surface area contributed by atoms with Gasteiger partial charge in [0.15, 0.2) is 0 Å². The Bertz CT molecular complexity index is 579. The predicted octanol–water partition coefficient (Wildman–Crippen LogP) is 3.88. The summed E-state index contributed by atoms with van der Waals surface area (Å²) in [6.45, 7) is 3.97. The van der Waals surface area contributed by atoms with Gasteiger partial charge in [-0.1, -0.05) is 53.2 Å². The summed E-state index contributed by atoms with van der Waals surface area (Å²) in [7, 11) is 0. The summed E-state index contributed by atoms with van der Waals surface area (Å²) in [4.78, 5) is 12.4. The van der Waals surface area contributed by atoms with Crippen LogP contribution < -0.4 is 5.32 Å². The number of aryl methyl sites for hydroxylation is 1. The minimum atomic E-state index is -0.458. The largest absolute Gasteiger partial charge is 0.469 e. The molecule has 0 aliphatic rings. The lowest BCUT2D eigenvalue weighted by Crippen LogP contribution is -2.45. The van der Waals surface area contributed by atoms with Crippen LogP contribution in [0.2, 0.25) is 0 Å². The predicted molar refractivity (Wildman–Crippen MR) is 83.1 cm³/mol. The van der Waals surface area contributed by atoms with E-state index in [0.29, 0.717) is 23.1 Å². The molecule has 0 spiro atoms. The molecule has 1 N–H and O–H groups in total. The quantitative estimate of drug-likeness (QED) is 0.842. The third-order valence-corrected chi connectivity index (χ3v) is 4.50. The maximum Gasteiger partial charge on any atom is 0.255 e. The fraction of sp³-hybridized carbons (Fsp3) is 0.312. The Kier molecular flexibility index (Phi) is 4.65. The number of halogens is 1. The Hall–Kier alpha value is -1.55. The second-order valence-electron chi connectivity index (χ2n) is 4.90. The lowest BCUT2D eigenvalue weighted by atomic mass is 9.94. The SMILES string of the molecule is CCc1occc1C(=O)NC(C)(CBr)c1ccccc1. The van der Waals surface area contributed by atoms with Gasteiger partial charge in [0.25, 0.3) is 5.91 Å². The number of amides is 1. The number of benzene rings is 1. The highest BCUT2D eigenvalue weighted by molar-refractivity contribution is 9.09. The molecule has 1 aromatic heterocycles. The summed E-state index contributed by atoms with van der Waals surface area (Å²) in [6.07, 6.45) is 2.26. The van der Waals surface area contributed by atoms with Gasteiger partial charge in [0.2, 0.25) is 0 Å². The van der Waals surface area contributed by atoms with E-state index in [0.717, 1.165) is 5.56 Å². The molecule has 1 aromatic carbocycles. The molecular formula is C16H18BrNO2. The zero-order chi connectivity index (χ0) is 14.6. The third kappa shape index (κ3) is 2.96. The summed E-state index contributed by atoms with van der Waals surface area (Å²) in [5.74, 6) is 0.605. The second kappa shape index (κ2) is 6.27. The van der Waals surface area contributed by atoms with Crippen molar-refractivity contribution in [1.29, 1.82) is 0 Å². The molecule has 1 unspecified atom stereocenters. The Morgan fingerprint density at radius 3 is 2.60 bits per heavy atom. The highest BCUT2D eigenvalue weighted by atomic mass is 79.9. The smallest absolute Gasteiger partial charge is 0.255 e. The van der Waals surface area contributed by atoms with Gasteiger partial charge in [-0.05, 0) is 18.6 Å². The Balaban J connectivity index is 2.24. The highest BCUT2D eigenvalue weighted by Crippen LogP contribution is 2.24. The van der Waals surface area contributed by atoms with Gasteiger partial charge in [-0.2, -0.15) is 0 Å². The number of nitrogens with one attached hydrogen (secondary N) is 1. The minimum Gasteiger partial charge on any atom is -0.469 e. The molecule has 3 nitrogen and oxygen atoms in total. The summed E-state index contributed by atoms with van der Waals surface area (Å²) in [5, 5.41) is 3.72. The van der Waals surface area contributed by atoms with Crippen LogP contribution in [0, 0.1) is 0 Å². The lowest BCUT2D eigenvalue weighted by molar-refractivity contribution is 0.0912. The third-order valence-electron chi connectivity index (χ3n) is 3.38. The molecule has 0 fully saturated rings. The van der Waals surface area contributed by atoms with Gasteiger partial charge in [0, 0.05) is 11.8 Å². The maximum atomic E-state index is 12.4. The van der Waals surface area contributed by atoms with E-state index in [1.54, 1.807) is 12.3 Å². The van der Waals surface area contributed by atoms with Crippen molar-refractivity contribution in [2.24, 2.45) is 0 Å². The van der Waals surface area contributed by atoms with Crippen LogP contribution in [-0.4, -0.2) is 11.2 Å². The molecule has 0 aliphatic carbocycles. The molecule has 106 valence electrons. The molecule has 20 heavy (non-hydrogen) atoms. The summed E-state index contributed by atoms with van der Waals surface area (Å²) < 4.78 is 5.32. The number of hydrogen-bond donors (Lipinski definition) is 1. The average Bonchev–Trinajstić information content (AvgIpc) is 2.96. The van der Waals surface area contributed by atoms with Crippen molar-refractivity contribution < 1.29 is 9.21 Å². The first-order valence-electron chi connectivity index (χ1n) is 6.61. The van der Waals surface area contributed by atoms with E-state index in [2.05, 4.69) is 21.2 Å². The first-order chi connectivity index (χ1) is 9.60. The molecule has 0 bridgehead atoms. The van der Waals surface area contributed by atoms with E-state index in [1.165, 1.54) is 0 Å². The molecule has 1 amide bonds. The van der Waals surface area contributed by atoms with Crippen LogP contribution in [0.4, 0.5) is 0 Å². The van der Waals surface area contributed by atoms with Crippen LogP contribution in [0.5, 0.6) is 0 Å². The summed E-state index contributed by atoms with van der Waals surface area (Å²) in [5.41, 5.74) is 1.21. The van der Waals surface area contributed by atoms with Crippen LogP contribution in [0.25, 0.3) is 0 Å². The van der Waals surface area contributed by atoms with Crippen molar-refractivity contribution >= 4 is 21.8 Å². The first kappa shape index (κ1) is 14.9. The monoisotopic (exact) mass is 335 g/mol. The molecule has 2 aromatic rings. The van der Waals surface area contributed by atoms with E-state index in [9.17, 15) is 4.79 Å². The van der Waals surface area contributed by atoms with Crippen molar-refractivity contribution in [2.75, 3.05) is 5.33 Å². The highest BCUT2D eigenvalue weighted by Gasteiger charge is 2.28. The molecule has 1 atom stereocenters. The van der Waals surface area contributed by atoms with Crippen molar-refractivity contribution in [3.8, 4) is 0 Å². The normalized spacial score (nSPS) is 13.8. The number of hydrogen-bond acceptors (Lipinski definition) is 2. The van der Waals surface area contributed by atoms with Crippen LogP contribution >= 0.6 is 15.9 Å². The van der Waals surface area contributed by atoms with Gasteiger partial charge < -0.3 is 9.73 Å². The van der Waals surface area contributed by atoms with Crippen LogP contribution in [0.3, 0.4) is 0 Å². The molecule has 0 aliphatic heterocycles. The minimum absolute atomic E-state index is 0.110. The van der Waals surface area contributed by atoms with Gasteiger partial charge in [-0.3, -0.25) is 4.79 Å². The standard InChI is InChI=1S/C16H18BrNO2/c1-3-14-13(9-10-20-14)15(19)18-16(2,11-17)12-7-5-4-6-8-12/h4-10H,3,11H2,1-2H3,(H,18,19). The molecule has 4 heteroatoms. The Morgan fingerprint density at radius 1 is 1.30 bits per heavy atom. The van der Waals surface area contributed by atoms with Gasteiger partial charge in [0.1, 0.15) is 5.76 Å². The second-order valence-corrected chi connectivity index (χ2v) is 5.46. The van der Waals surface area contributed by atoms with Crippen LogP contribution in [0.15, 0.2) is 47.1 Å². The Morgan fingerprint density at radius 2 is 2.00 bits per heavy atom. The number of carbonyl (C=O) groups is 1. The van der Waals surface area contributed by atoms with Crippen LogP contribution in [-0.2, 0) is 12.0 Å². The zero-order valence-electron chi connectivity index (χ0n) is 11.7. The lowest BCUT2D eigenvalue weighted by Gasteiger charge is -2.29. The van der Waals surface area contributed by atoms with Crippen molar-refractivity contribution in [2.45, 2.75) is 25.8 Å². The van der Waals surface area contributed by atoms with Crippen molar-refractivity contribution in [3.05, 3.63) is 59.5 Å². The van der Waals surface area contributed by atoms with Gasteiger partial charge >= 0.3 is 0 Å². The number of carbonyl (C=O) groups excluding carboxylic acids is 1. The van der Waals surface area contributed by atoms with E-state index in [1.807, 2.05) is 44.2 Å². The van der Waals surface area contributed by atoms with E-state index >= 15 is 0 Å². The van der Waals surface area contributed by atoms with Crippen LogP contribution in [0.1, 0.15) is 35.5 Å². The Labute approximate surface area is 127 Å². The topological polar surface area (TPSA) is 42.2 Å². The number of rotatable bonds is 5. The fourth-order valence-corrected chi connectivity index (χ4v) is 2.59. The molecule has 2 rings (SSSR count). The molecule has 0 saturated carbocycles. The van der Waals surface area contributed by atoms with Gasteiger partial charge in [-0.15, -0.1) is 0 Å². The maximum absolute atomic E-state index is 12.4. The van der Waals surface area contributed by atoms with E-state index < -0.39 is 5.54 Å². The number of alkyl halides is 1. The molecule has 0 radical (unpaired) electrons. The first-order valence-corrected chi connectivity index (χ1v) is 7.73. The van der Waals surface area contributed by atoms with Crippen molar-refractivity contribution in [1.82, 2.24) is 5.32 Å².